The molecule has 3 N–H and O–H groups in total. The van der Waals surface area contributed by atoms with Crippen molar-refractivity contribution in [3.63, 3.8) is 0 Å². The molecule has 0 aromatic heterocycles. The first-order chi connectivity index (χ1) is 39.4. The molecule has 4 aromatic rings. The Morgan fingerprint density at radius 1 is 0.793 bits per heavy atom. The molecule has 3 atom stereocenters. The first-order valence-electron chi connectivity index (χ1n) is 27.6. The summed E-state index contributed by atoms with van der Waals surface area (Å²) in [5.41, 5.74) is 5.47. The third-order valence-corrected chi connectivity index (χ3v) is 14.8. The molecule has 0 saturated carbocycles. The number of ether oxygens (including phenoxy) is 5. The maximum atomic E-state index is 13.9. The number of benzene rings is 4. The number of carbonyl (C=O) groups is 7. The van der Waals surface area contributed by atoms with E-state index in [4.69, 9.17) is 33.7 Å². The highest BCUT2D eigenvalue weighted by molar-refractivity contribution is 6.06. The molecule has 3 unspecified atom stereocenters. The second-order valence-electron chi connectivity index (χ2n) is 21.6. The molecule has 8 rings (SSSR count). The Morgan fingerprint density at radius 2 is 1.46 bits per heavy atom. The predicted octanol–water partition coefficient (Wildman–Crippen LogP) is 8.33. The minimum atomic E-state index is -0.845. The Bertz CT molecular complexity index is 3190. The number of anilines is 1. The van der Waals surface area contributed by atoms with Gasteiger partial charge in [0.2, 0.25) is 29.5 Å². The molecule has 82 heavy (non-hydrogen) atoms. The van der Waals surface area contributed by atoms with E-state index in [0.717, 1.165) is 34.3 Å². The van der Waals surface area contributed by atoms with Crippen molar-refractivity contribution in [1.29, 1.82) is 0 Å². The van der Waals surface area contributed by atoms with E-state index in [1.165, 1.54) is 19.1 Å². The lowest BCUT2D eigenvalue weighted by atomic mass is 9.92. The molecule has 6 amide bonds. The summed E-state index contributed by atoms with van der Waals surface area (Å²) in [5.74, 6) is 0.384. The number of aliphatic imine (C=N–C) groups is 2. The van der Waals surface area contributed by atoms with Gasteiger partial charge in [0.15, 0.2) is 29.3 Å². The molecule has 432 valence electrons. The van der Waals surface area contributed by atoms with Gasteiger partial charge in [0.1, 0.15) is 11.8 Å². The van der Waals surface area contributed by atoms with Gasteiger partial charge in [-0.15, -0.1) is 0 Å². The third kappa shape index (κ3) is 14.2. The molecule has 0 bridgehead atoms. The van der Waals surface area contributed by atoms with Crippen LogP contribution < -0.4 is 39.6 Å². The van der Waals surface area contributed by atoms with Crippen LogP contribution in [0.5, 0.6) is 28.7 Å². The van der Waals surface area contributed by atoms with Crippen LogP contribution in [0.3, 0.4) is 0 Å². The summed E-state index contributed by atoms with van der Waals surface area (Å²) in [6.45, 7) is 7.65. The Kier molecular flexibility index (Phi) is 19.3. The summed E-state index contributed by atoms with van der Waals surface area (Å²) in [6.07, 6.45) is 12.0. The fraction of sp³-hybridized carbons (Fsp3) is 0.403. The lowest BCUT2D eigenvalue weighted by Crippen LogP contribution is -2.51. The number of imide groups is 1. The predicted molar refractivity (Wildman–Crippen MR) is 311 cm³/mol. The fourth-order valence-electron chi connectivity index (χ4n) is 10.1. The molecule has 4 aliphatic heterocycles. The van der Waals surface area contributed by atoms with Crippen molar-refractivity contribution in [1.82, 2.24) is 25.3 Å². The number of fused-ring (bicyclic) bond motifs is 2. The summed E-state index contributed by atoms with van der Waals surface area (Å²) in [6, 6.07) is 20.5. The first kappa shape index (κ1) is 59.3. The Hall–Kier alpha value is -8.81. The molecule has 4 aliphatic rings. The van der Waals surface area contributed by atoms with E-state index in [-0.39, 0.29) is 74.2 Å². The van der Waals surface area contributed by atoms with Crippen LogP contribution in [0.1, 0.15) is 111 Å². The van der Waals surface area contributed by atoms with Crippen LogP contribution in [0, 0.1) is 11.3 Å². The van der Waals surface area contributed by atoms with E-state index >= 15 is 0 Å². The Morgan fingerprint density at radius 3 is 2.11 bits per heavy atom. The maximum absolute atomic E-state index is 13.9. The van der Waals surface area contributed by atoms with Gasteiger partial charge in [0.25, 0.3) is 5.91 Å². The van der Waals surface area contributed by atoms with Gasteiger partial charge >= 0.3 is 0 Å². The Balaban J connectivity index is 0.779. The van der Waals surface area contributed by atoms with Gasteiger partial charge in [-0.05, 0) is 83.9 Å². The second-order valence-corrected chi connectivity index (χ2v) is 21.6. The number of methoxy groups -OCH3 is 3. The molecular weight excluding hydrogens is 1050 g/mol. The number of rotatable bonds is 26. The van der Waals surface area contributed by atoms with Crippen LogP contribution in [0.2, 0.25) is 0 Å². The summed E-state index contributed by atoms with van der Waals surface area (Å²) in [4.78, 5) is 104. The smallest absolute Gasteiger partial charge is 0.260 e. The summed E-state index contributed by atoms with van der Waals surface area (Å²) < 4.78 is 28.9. The van der Waals surface area contributed by atoms with Gasteiger partial charge in [-0.25, -0.2) is 0 Å². The van der Waals surface area contributed by atoms with Crippen molar-refractivity contribution in [2.75, 3.05) is 60.0 Å². The fourth-order valence-corrected chi connectivity index (χ4v) is 10.1. The van der Waals surface area contributed by atoms with Crippen molar-refractivity contribution in [3.8, 4) is 28.7 Å². The van der Waals surface area contributed by atoms with E-state index in [9.17, 15) is 33.6 Å². The largest absolute Gasteiger partial charge is 0.497 e. The van der Waals surface area contributed by atoms with Crippen LogP contribution in [-0.2, 0) is 24.0 Å². The van der Waals surface area contributed by atoms with E-state index < -0.39 is 23.3 Å². The quantitative estimate of drug-likeness (QED) is 0.0232. The van der Waals surface area contributed by atoms with E-state index in [1.807, 2.05) is 60.7 Å². The topological polar surface area (TPSA) is 236 Å². The van der Waals surface area contributed by atoms with Gasteiger partial charge in [-0.2, -0.15) is 0 Å². The van der Waals surface area contributed by atoms with Gasteiger partial charge < -0.3 is 49.4 Å². The molecule has 4 aromatic carbocycles. The average molecular weight is 1120 g/mol. The minimum Gasteiger partial charge on any atom is -0.497 e. The highest BCUT2D eigenvalue weighted by Gasteiger charge is 2.44. The number of carbonyl (C=O) groups excluding carboxylic acids is 7. The second kappa shape index (κ2) is 26.6. The van der Waals surface area contributed by atoms with E-state index in [2.05, 4.69) is 16.0 Å². The van der Waals surface area contributed by atoms with Gasteiger partial charge in [-0.3, -0.25) is 48.4 Å². The summed E-state index contributed by atoms with van der Waals surface area (Å²) in [5, 5.41) is 8.24. The third-order valence-electron chi connectivity index (χ3n) is 14.8. The average Bonchev–Trinajstić information content (AvgIpc) is 4.07. The van der Waals surface area contributed by atoms with Crippen molar-refractivity contribution >= 4 is 82.4 Å². The van der Waals surface area contributed by atoms with Crippen molar-refractivity contribution < 1.29 is 57.2 Å². The zero-order valence-corrected chi connectivity index (χ0v) is 47.7. The van der Waals surface area contributed by atoms with Crippen molar-refractivity contribution in [2.45, 2.75) is 97.2 Å². The summed E-state index contributed by atoms with van der Waals surface area (Å²) in [7, 11) is 6.58. The van der Waals surface area contributed by atoms with Crippen LogP contribution in [-0.4, -0.2) is 142 Å². The molecule has 0 spiro atoms. The molecule has 1 fully saturated rings. The number of hydrogen-bond donors (Lipinski definition) is 3. The number of nitrogens with zero attached hydrogens (tertiary/aromatic N) is 5. The monoisotopic (exact) mass is 1120 g/mol. The maximum Gasteiger partial charge on any atom is 0.260 e. The van der Waals surface area contributed by atoms with Gasteiger partial charge in [0, 0.05) is 87.5 Å². The van der Waals surface area contributed by atoms with E-state index in [1.54, 1.807) is 88.5 Å². The zero-order chi connectivity index (χ0) is 58.7. The highest BCUT2D eigenvalue weighted by Crippen LogP contribution is 2.41. The molecule has 1 saturated heterocycles. The molecule has 0 radical (unpaired) electrons. The van der Waals surface area contributed by atoms with Crippen LogP contribution in [0.4, 0.5) is 17.1 Å². The highest BCUT2D eigenvalue weighted by atomic mass is 16.5. The zero-order valence-electron chi connectivity index (χ0n) is 47.7. The molecule has 0 aliphatic carbocycles. The normalized spacial score (nSPS) is 17.5. The molecule has 20 nitrogen and oxygen atoms in total. The van der Waals surface area contributed by atoms with Gasteiger partial charge in [0.05, 0.1) is 75.5 Å². The minimum absolute atomic E-state index is 0.139. The number of hydrogen-bond acceptors (Lipinski definition) is 15. The number of unbranched alkanes of at least 4 members (excludes halogenated alkanes) is 2. The number of aldehydes is 1. The van der Waals surface area contributed by atoms with Crippen LogP contribution in [0.15, 0.2) is 95.2 Å². The number of nitrogens with one attached hydrogen (secondary N) is 3. The molecule has 4 heterocycles. The number of likely N-dealkylation sites (tertiary alicyclic amines) is 1. The van der Waals surface area contributed by atoms with Gasteiger partial charge in [-0.1, -0.05) is 58.4 Å². The van der Waals surface area contributed by atoms with E-state index in [0.29, 0.717) is 96.3 Å². The lowest BCUT2D eigenvalue weighted by Gasteiger charge is -2.21. The van der Waals surface area contributed by atoms with Crippen LogP contribution in [0.25, 0.3) is 11.1 Å². The van der Waals surface area contributed by atoms with Crippen molar-refractivity contribution in [2.24, 2.45) is 21.3 Å². The van der Waals surface area contributed by atoms with Crippen LogP contribution >= 0.6 is 0 Å². The number of amides is 6. The SMILES string of the molecule is COc1ccc(C2=CN3C(=O)c4cc(OC)c(OCCCOc5cc(/N=C\C6CC(c7ccc(NC(=O)CNC(=O)C(NC(=O)CCCCCN8C(=O)CC(C)(C)C8=O)C(C)C)cc7)=CN6C)c(C=O)cc5OC)cc4N=CC3C2)cc1. The summed E-state index contributed by atoms with van der Waals surface area (Å²) >= 11 is 0. The Labute approximate surface area is 477 Å². The molecule has 20 heteroatoms. The first-order valence-corrected chi connectivity index (χ1v) is 27.6. The standard InChI is InChI=1S/C62H72N8O12/c1-38(2)58(67-55(72)13-10-9-11-22-69-57(74)31-62(3,4)61(69)77)59(75)65-34-56(73)66-44-18-14-39(15-19-44)41-25-45(68(5)35-41)32-63-49-29-53(51(79-7)27-43(49)37-71)81-23-12-24-82-54-30-50-48(28-52(54)80-8)60(76)70-36-42(26-46(70)33-64-50)40-16-20-47(78-6)21-17-40/h14-21,27-30,32-33,35-38,45-46,58H,9-13,22-26,31,34H2,1-8H3,(H,65,75)(H,66,73)(H,67,72)/b63-32-. The van der Waals surface area contributed by atoms with Crippen molar-refractivity contribution in [3.05, 3.63) is 107 Å². The molecular formula is C62H72N8O12. The lowest BCUT2D eigenvalue weighted by molar-refractivity contribution is -0.141.